The summed E-state index contributed by atoms with van der Waals surface area (Å²) in [6.07, 6.45) is 0.716. The highest BCUT2D eigenvalue weighted by Gasteiger charge is 2.05. The van der Waals surface area contributed by atoms with Crippen molar-refractivity contribution in [1.29, 1.82) is 0 Å². The number of carboxylic acids is 1. The third-order valence-corrected chi connectivity index (χ3v) is 4.73. The average Bonchev–Trinajstić information content (AvgIpc) is 2.54. The molecule has 0 saturated carbocycles. The van der Waals surface area contributed by atoms with Crippen LogP contribution in [0.3, 0.4) is 0 Å². The van der Waals surface area contributed by atoms with Crippen LogP contribution in [0.1, 0.15) is 27.9 Å². The Morgan fingerprint density at radius 3 is 2.35 bits per heavy atom. The Balaban J connectivity index is 1.70. The molecule has 0 aliphatic heterocycles. The number of rotatable bonds is 8. The molecule has 1 N–H and O–H groups in total. The van der Waals surface area contributed by atoms with Crippen molar-refractivity contribution in [3.63, 3.8) is 0 Å². The van der Waals surface area contributed by atoms with Gasteiger partial charge in [0.15, 0.2) is 0 Å². The lowest BCUT2D eigenvalue weighted by atomic mass is 10.1. The van der Waals surface area contributed by atoms with Crippen LogP contribution in [0.25, 0.3) is 0 Å². The summed E-state index contributed by atoms with van der Waals surface area (Å²) >= 11 is 0. The molecule has 0 amide bonds. The first-order chi connectivity index (χ1) is 11.0. The van der Waals surface area contributed by atoms with Crippen molar-refractivity contribution in [2.45, 2.75) is 19.1 Å². The molecular weight excluding hydrogens is 312 g/mol. The van der Waals surface area contributed by atoms with Crippen LogP contribution in [0.15, 0.2) is 48.5 Å². The zero-order valence-electron chi connectivity index (χ0n) is 13.0. The molecule has 2 rings (SSSR count). The molecule has 5 heteroatoms. The van der Waals surface area contributed by atoms with Gasteiger partial charge in [0.25, 0.3) is 0 Å². The standard InChI is InChI=1S/C18H20O4S/c1-14-3-9-17(10-4-14)22-11-2-12-23(21)13-15-5-7-16(8-6-15)18(19)20/h3-10H,2,11-13H2,1H3,(H,19,20). The van der Waals surface area contributed by atoms with Crippen molar-refractivity contribution < 1.29 is 18.8 Å². The lowest BCUT2D eigenvalue weighted by molar-refractivity contribution is 0.0697. The largest absolute Gasteiger partial charge is 0.494 e. The predicted octanol–water partition coefficient (Wildman–Crippen LogP) is 3.41. The number of benzene rings is 2. The Morgan fingerprint density at radius 1 is 1.09 bits per heavy atom. The maximum Gasteiger partial charge on any atom is 0.335 e. The summed E-state index contributed by atoms with van der Waals surface area (Å²) in [5.74, 6) is 0.869. The second-order valence-corrected chi connectivity index (χ2v) is 6.88. The molecule has 2 aromatic rings. The van der Waals surface area contributed by atoms with E-state index in [1.165, 1.54) is 17.7 Å². The summed E-state index contributed by atoms with van der Waals surface area (Å²) in [4.78, 5) is 10.8. The molecule has 1 unspecified atom stereocenters. The van der Waals surface area contributed by atoms with E-state index in [1.54, 1.807) is 12.1 Å². The minimum atomic E-state index is -0.977. The summed E-state index contributed by atoms with van der Waals surface area (Å²) in [5, 5.41) is 8.84. The summed E-state index contributed by atoms with van der Waals surface area (Å²) in [7, 11) is -0.977. The maximum atomic E-state index is 12.0. The van der Waals surface area contributed by atoms with E-state index in [0.29, 0.717) is 24.5 Å². The van der Waals surface area contributed by atoms with Crippen LogP contribution in [-0.4, -0.2) is 27.6 Å². The van der Waals surface area contributed by atoms with E-state index in [-0.39, 0.29) is 5.56 Å². The van der Waals surface area contributed by atoms with Crippen molar-refractivity contribution in [3.8, 4) is 5.75 Å². The summed E-state index contributed by atoms with van der Waals surface area (Å²) in [6.45, 7) is 2.56. The Hall–Kier alpha value is -2.14. The van der Waals surface area contributed by atoms with Gasteiger partial charge in [0.05, 0.1) is 12.2 Å². The highest BCUT2D eigenvalue weighted by molar-refractivity contribution is 7.84. The summed E-state index contributed by atoms with van der Waals surface area (Å²) < 4.78 is 17.6. The molecule has 0 fully saturated rings. The molecule has 0 aliphatic rings. The number of hydrogen-bond acceptors (Lipinski definition) is 3. The van der Waals surface area contributed by atoms with Gasteiger partial charge in [-0.2, -0.15) is 0 Å². The number of aryl methyl sites for hydroxylation is 1. The quantitative estimate of drug-likeness (QED) is 0.753. The molecule has 0 aliphatic carbocycles. The zero-order valence-corrected chi connectivity index (χ0v) is 13.8. The van der Waals surface area contributed by atoms with Gasteiger partial charge in [0.1, 0.15) is 5.75 Å². The normalized spacial score (nSPS) is 11.9. The molecule has 0 bridgehead atoms. The Morgan fingerprint density at radius 2 is 1.74 bits per heavy atom. The van der Waals surface area contributed by atoms with Gasteiger partial charge < -0.3 is 9.84 Å². The molecule has 0 aromatic heterocycles. The molecule has 1 atom stereocenters. The SMILES string of the molecule is Cc1ccc(OCCCS(=O)Cc2ccc(C(=O)O)cc2)cc1. The van der Waals surface area contributed by atoms with Gasteiger partial charge >= 0.3 is 5.97 Å². The molecule has 23 heavy (non-hydrogen) atoms. The van der Waals surface area contributed by atoms with Crippen molar-refractivity contribution in [2.75, 3.05) is 12.4 Å². The number of ether oxygens (including phenoxy) is 1. The number of carboxylic acid groups (broad SMARTS) is 1. The first kappa shape index (κ1) is 17.2. The Labute approximate surface area is 138 Å². The second-order valence-electron chi connectivity index (χ2n) is 5.31. The lowest BCUT2D eigenvalue weighted by Crippen LogP contribution is -2.06. The van der Waals surface area contributed by atoms with E-state index in [1.807, 2.05) is 31.2 Å². The molecule has 0 saturated heterocycles. The van der Waals surface area contributed by atoms with E-state index in [0.717, 1.165) is 11.3 Å². The van der Waals surface area contributed by atoms with Crippen molar-refractivity contribution >= 4 is 16.8 Å². The van der Waals surface area contributed by atoms with Crippen LogP contribution in [-0.2, 0) is 16.6 Å². The fourth-order valence-corrected chi connectivity index (χ4v) is 3.19. The van der Waals surface area contributed by atoms with E-state index in [4.69, 9.17) is 9.84 Å². The molecule has 0 radical (unpaired) electrons. The fraction of sp³-hybridized carbons (Fsp3) is 0.278. The number of hydrogen-bond donors (Lipinski definition) is 1. The molecule has 0 heterocycles. The third-order valence-electron chi connectivity index (χ3n) is 3.33. The average molecular weight is 332 g/mol. The van der Waals surface area contributed by atoms with Crippen molar-refractivity contribution in [2.24, 2.45) is 0 Å². The van der Waals surface area contributed by atoms with Crippen LogP contribution < -0.4 is 4.74 Å². The van der Waals surface area contributed by atoms with Crippen LogP contribution >= 0.6 is 0 Å². The highest BCUT2D eigenvalue weighted by atomic mass is 32.2. The van der Waals surface area contributed by atoms with Crippen LogP contribution in [0, 0.1) is 6.92 Å². The fourth-order valence-electron chi connectivity index (χ4n) is 2.05. The van der Waals surface area contributed by atoms with Gasteiger partial charge in [-0.25, -0.2) is 4.79 Å². The van der Waals surface area contributed by atoms with Gasteiger partial charge in [-0.15, -0.1) is 0 Å². The van der Waals surface area contributed by atoms with E-state index >= 15 is 0 Å². The van der Waals surface area contributed by atoms with Gasteiger partial charge in [0.2, 0.25) is 0 Å². The maximum absolute atomic E-state index is 12.0. The van der Waals surface area contributed by atoms with Crippen molar-refractivity contribution in [1.82, 2.24) is 0 Å². The predicted molar refractivity (Wildman–Crippen MR) is 91.4 cm³/mol. The second kappa shape index (κ2) is 8.48. The molecule has 0 spiro atoms. The molecule has 4 nitrogen and oxygen atoms in total. The van der Waals surface area contributed by atoms with E-state index in [9.17, 15) is 9.00 Å². The van der Waals surface area contributed by atoms with Gasteiger partial charge in [-0.05, 0) is 43.2 Å². The van der Waals surface area contributed by atoms with Crippen LogP contribution in [0.5, 0.6) is 5.75 Å². The van der Waals surface area contributed by atoms with E-state index < -0.39 is 16.8 Å². The number of aromatic carboxylic acids is 1. The molecule has 2 aromatic carbocycles. The Kier molecular flexibility index (Phi) is 6.35. The minimum Gasteiger partial charge on any atom is -0.494 e. The summed E-state index contributed by atoms with van der Waals surface area (Å²) in [5.41, 5.74) is 2.31. The Bertz CT molecular complexity index is 662. The van der Waals surface area contributed by atoms with Crippen LogP contribution in [0.4, 0.5) is 0 Å². The minimum absolute atomic E-state index is 0.242. The zero-order chi connectivity index (χ0) is 16.7. The highest BCUT2D eigenvalue weighted by Crippen LogP contribution is 2.12. The van der Waals surface area contributed by atoms with Crippen molar-refractivity contribution in [3.05, 3.63) is 65.2 Å². The smallest absolute Gasteiger partial charge is 0.335 e. The van der Waals surface area contributed by atoms with Gasteiger partial charge in [-0.3, -0.25) is 4.21 Å². The topological polar surface area (TPSA) is 63.6 Å². The molecular formula is C18H20O4S. The summed E-state index contributed by atoms with van der Waals surface area (Å²) in [6, 6.07) is 14.3. The monoisotopic (exact) mass is 332 g/mol. The third kappa shape index (κ3) is 5.87. The first-order valence-electron chi connectivity index (χ1n) is 7.41. The number of carbonyl (C=O) groups is 1. The van der Waals surface area contributed by atoms with Gasteiger partial charge in [0, 0.05) is 22.3 Å². The first-order valence-corrected chi connectivity index (χ1v) is 8.90. The van der Waals surface area contributed by atoms with Crippen LogP contribution in [0.2, 0.25) is 0 Å². The van der Waals surface area contributed by atoms with E-state index in [2.05, 4.69) is 0 Å². The van der Waals surface area contributed by atoms with Gasteiger partial charge in [-0.1, -0.05) is 29.8 Å². The lowest BCUT2D eigenvalue weighted by Gasteiger charge is -2.07. The molecule has 122 valence electrons.